The van der Waals surface area contributed by atoms with Crippen LogP contribution in [-0.2, 0) is 0 Å². The van der Waals surface area contributed by atoms with Crippen molar-refractivity contribution >= 4 is 11.7 Å². The second kappa shape index (κ2) is 6.89. The number of anilines is 1. The molecule has 1 aromatic rings. The van der Waals surface area contributed by atoms with Gasteiger partial charge in [0.1, 0.15) is 5.82 Å². The molecule has 1 amide bonds. The lowest BCUT2D eigenvalue weighted by molar-refractivity contribution is 0.0637. The fourth-order valence-corrected chi connectivity index (χ4v) is 2.67. The number of nitrogens with zero attached hydrogens (tertiary/aromatic N) is 3. The molecule has 116 valence electrons. The summed E-state index contributed by atoms with van der Waals surface area (Å²) in [5.41, 5.74) is 7.38. The summed E-state index contributed by atoms with van der Waals surface area (Å²) in [6.45, 7) is 10.9. The average molecular weight is 290 g/mol. The van der Waals surface area contributed by atoms with Crippen molar-refractivity contribution in [2.75, 3.05) is 38.5 Å². The van der Waals surface area contributed by atoms with Crippen molar-refractivity contribution in [3.8, 4) is 0 Å². The van der Waals surface area contributed by atoms with Gasteiger partial charge in [0, 0.05) is 37.4 Å². The predicted octanol–water partition coefficient (Wildman–Crippen LogP) is 1.95. The lowest BCUT2D eigenvalue weighted by Crippen LogP contribution is -2.48. The summed E-state index contributed by atoms with van der Waals surface area (Å²) in [7, 11) is 0. The molecule has 1 saturated heterocycles. The van der Waals surface area contributed by atoms with Gasteiger partial charge in [-0.2, -0.15) is 0 Å². The van der Waals surface area contributed by atoms with Crippen LogP contribution in [0, 0.1) is 0 Å². The molecule has 1 aliphatic heterocycles. The van der Waals surface area contributed by atoms with Crippen LogP contribution in [0.15, 0.2) is 12.1 Å². The minimum atomic E-state index is 0.0714. The van der Waals surface area contributed by atoms with Crippen LogP contribution < -0.4 is 5.73 Å². The Balaban J connectivity index is 2.07. The predicted molar refractivity (Wildman–Crippen MR) is 85.4 cm³/mol. The van der Waals surface area contributed by atoms with Crippen molar-refractivity contribution in [3.63, 3.8) is 0 Å². The van der Waals surface area contributed by atoms with Crippen LogP contribution in [0.25, 0.3) is 0 Å². The zero-order chi connectivity index (χ0) is 15.4. The highest BCUT2D eigenvalue weighted by molar-refractivity contribution is 5.95. The highest BCUT2D eigenvalue weighted by Gasteiger charge is 2.22. The van der Waals surface area contributed by atoms with Gasteiger partial charge < -0.3 is 10.6 Å². The van der Waals surface area contributed by atoms with Crippen LogP contribution in [0.4, 0.5) is 5.82 Å². The van der Waals surface area contributed by atoms with Crippen molar-refractivity contribution in [2.45, 2.75) is 33.1 Å². The number of amides is 1. The van der Waals surface area contributed by atoms with Crippen LogP contribution in [0.3, 0.4) is 0 Å². The molecule has 2 rings (SSSR count). The van der Waals surface area contributed by atoms with E-state index in [0.717, 1.165) is 44.8 Å². The van der Waals surface area contributed by atoms with E-state index in [2.05, 4.69) is 30.7 Å². The number of carbonyl (C=O) groups excluding carboxylic acids is 1. The standard InChI is InChI=1S/C16H26N4O/c1-4-5-19-6-8-20(9-7-19)16(21)13-10-14(12(2)3)18-15(17)11-13/h10-12H,4-9H2,1-3H3,(H2,17,18). The molecule has 1 fully saturated rings. The number of pyridine rings is 1. The van der Waals surface area contributed by atoms with Gasteiger partial charge in [0.25, 0.3) is 5.91 Å². The van der Waals surface area contributed by atoms with Gasteiger partial charge in [-0.1, -0.05) is 20.8 Å². The van der Waals surface area contributed by atoms with Crippen LogP contribution >= 0.6 is 0 Å². The van der Waals surface area contributed by atoms with Gasteiger partial charge in [0.15, 0.2) is 0 Å². The number of hydrogen-bond donors (Lipinski definition) is 1. The maximum atomic E-state index is 12.6. The largest absolute Gasteiger partial charge is 0.384 e. The summed E-state index contributed by atoms with van der Waals surface area (Å²) in [6, 6.07) is 3.56. The number of nitrogens with two attached hydrogens (primary N) is 1. The summed E-state index contributed by atoms with van der Waals surface area (Å²) < 4.78 is 0. The van der Waals surface area contributed by atoms with Gasteiger partial charge >= 0.3 is 0 Å². The van der Waals surface area contributed by atoms with Crippen molar-refractivity contribution in [1.82, 2.24) is 14.8 Å². The molecule has 0 aromatic carbocycles. The number of carbonyl (C=O) groups is 1. The normalized spacial score (nSPS) is 16.5. The van der Waals surface area contributed by atoms with Gasteiger partial charge in [-0.25, -0.2) is 4.98 Å². The molecule has 21 heavy (non-hydrogen) atoms. The summed E-state index contributed by atoms with van der Waals surface area (Å²) in [5, 5.41) is 0. The van der Waals surface area contributed by atoms with Gasteiger partial charge in [-0.3, -0.25) is 9.69 Å². The second-order valence-corrected chi connectivity index (χ2v) is 5.99. The lowest BCUT2D eigenvalue weighted by Gasteiger charge is -2.34. The third-order valence-corrected chi connectivity index (χ3v) is 3.90. The molecule has 0 unspecified atom stereocenters. The fourth-order valence-electron chi connectivity index (χ4n) is 2.67. The Labute approximate surface area is 127 Å². The van der Waals surface area contributed by atoms with Crippen LogP contribution in [0.2, 0.25) is 0 Å². The molecule has 0 atom stereocenters. The Morgan fingerprint density at radius 1 is 1.29 bits per heavy atom. The fraction of sp³-hybridized carbons (Fsp3) is 0.625. The molecule has 5 nitrogen and oxygen atoms in total. The molecule has 2 N–H and O–H groups in total. The highest BCUT2D eigenvalue weighted by Crippen LogP contribution is 2.18. The number of rotatable bonds is 4. The summed E-state index contributed by atoms with van der Waals surface area (Å²) in [6.07, 6.45) is 1.16. The monoisotopic (exact) mass is 290 g/mol. The Hall–Kier alpha value is -1.62. The minimum Gasteiger partial charge on any atom is -0.384 e. The Morgan fingerprint density at radius 2 is 1.95 bits per heavy atom. The van der Waals surface area contributed by atoms with E-state index in [9.17, 15) is 4.79 Å². The first kappa shape index (κ1) is 15.8. The topological polar surface area (TPSA) is 62.5 Å². The molecule has 0 spiro atoms. The molecule has 5 heteroatoms. The van der Waals surface area contributed by atoms with E-state index in [0.29, 0.717) is 11.4 Å². The first-order valence-corrected chi connectivity index (χ1v) is 7.80. The van der Waals surface area contributed by atoms with Gasteiger partial charge in [-0.15, -0.1) is 0 Å². The smallest absolute Gasteiger partial charge is 0.254 e. The first-order chi connectivity index (χ1) is 10.0. The Morgan fingerprint density at radius 3 is 2.52 bits per heavy atom. The van der Waals surface area contributed by atoms with E-state index < -0.39 is 0 Å². The summed E-state index contributed by atoms with van der Waals surface area (Å²) >= 11 is 0. The van der Waals surface area contributed by atoms with E-state index >= 15 is 0 Å². The number of nitrogen functional groups attached to an aromatic ring is 1. The molecule has 1 aliphatic rings. The van der Waals surface area contributed by atoms with Crippen LogP contribution in [-0.4, -0.2) is 53.4 Å². The molecule has 0 saturated carbocycles. The molecular weight excluding hydrogens is 264 g/mol. The molecule has 1 aromatic heterocycles. The number of piperazine rings is 1. The zero-order valence-corrected chi connectivity index (χ0v) is 13.3. The van der Waals surface area contributed by atoms with E-state index in [1.807, 2.05) is 11.0 Å². The molecule has 0 bridgehead atoms. The third kappa shape index (κ3) is 3.94. The number of aromatic nitrogens is 1. The summed E-state index contributed by atoms with van der Waals surface area (Å²) in [5.74, 6) is 0.762. The highest BCUT2D eigenvalue weighted by atomic mass is 16.2. The maximum absolute atomic E-state index is 12.6. The van der Waals surface area contributed by atoms with Crippen molar-refractivity contribution in [1.29, 1.82) is 0 Å². The van der Waals surface area contributed by atoms with E-state index in [1.165, 1.54) is 0 Å². The Bertz CT molecular complexity index is 493. The zero-order valence-electron chi connectivity index (χ0n) is 13.3. The van der Waals surface area contributed by atoms with Crippen molar-refractivity contribution in [3.05, 3.63) is 23.4 Å². The van der Waals surface area contributed by atoms with Crippen LogP contribution in [0.1, 0.15) is 49.2 Å². The van der Waals surface area contributed by atoms with Crippen molar-refractivity contribution < 1.29 is 4.79 Å². The van der Waals surface area contributed by atoms with Gasteiger partial charge in [0.05, 0.1) is 0 Å². The van der Waals surface area contributed by atoms with Crippen molar-refractivity contribution in [2.24, 2.45) is 0 Å². The number of hydrogen-bond acceptors (Lipinski definition) is 4. The minimum absolute atomic E-state index is 0.0714. The quantitative estimate of drug-likeness (QED) is 0.920. The summed E-state index contributed by atoms with van der Waals surface area (Å²) in [4.78, 5) is 21.2. The third-order valence-electron chi connectivity index (χ3n) is 3.90. The SMILES string of the molecule is CCCN1CCN(C(=O)c2cc(N)nc(C(C)C)c2)CC1. The van der Waals surface area contributed by atoms with E-state index in [4.69, 9.17) is 5.73 Å². The maximum Gasteiger partial charge on any atom is 0.254 e. The molecule has 0 radical (unpaired) electrons. The van der Waals surface area contributed by atoms with E-state index in [-0.39, 0.29) is 11.8 Å². The van der Waals surface area contributed by atoms with Gasteiger partial charge in [0.2, 0.25) is 0 Å². The second-order valence-electron chi connectivity index (χ2n) is 5.99. The lowest BCUT2D eigenvalue weighted by atomic mass is 10.1. The first-order valence-electron chi connectivity index (χ1n) is 7.80. The molecule has 0 aliphatic carbocycles. The van der Waals surface area contributed by atoms with Gasteiger partial charge in [-0.05, 0) is 31.0 Å². The molecular formula is C16H26N4O. The van der Waals surface area contributed by atoms with E-state index in [1.54, 1.807) is 6.07 Å². The average Bonchev–Trinajstić information content (AvgIpc) is 2.47. The van der Waals surface area contributed by atoms with Crippen LogP contribution in [0.5, 0.6) is 0 Å². The molecule has 2 heterocycles. The Kier molecular flexibility index (Phi) is 5.17.